The molecule has 32 heavy (non-hydrogen) atoms. The fourth-order valence-corrected chi connectivity index (χ4v) is 4.91. The van der Waals surface area contributed by atoms with Gasteiger partial charge in [-0.15, -0.1) is 15.7 Å². The Bertz CT molecular complexity index is 1130. The third kappa shape index (κ3) is 5.57. The summed E-state index contributed by atoms with van der Waals surface area (Å²) in [5.74, 6) is 0. The van der Waals surface area contributed by atoms with Crippen LogP contribution in [0.3, 0.4) is 0 Å². The monoisotopic (exact) mass is 504 g/mol. The van der Waals surface area contributed by atoms with Crippen molar-refractivity contribution in [2.75, 3.05) is 5.32 Å². The lowest BCUT2D eigenvalue weighted by atomic mass is 10.0. The van der Waals surface area contributed by atoms with Gasteiger partial charge in [0.05, 0.1) is 11.3 Å². The molecule has 1 atom stereocenters. The molecule has 2 amide bonds. The maximum absolute atomic E-state index is 13.2. The summed E-state index contributed by atoms with van der Waals surface area (Å²) < 4.78 is 95.0. The molecule has 178 valence electrons. The van der Waals surface area contributed by atoms with E-state index in [1.807, 2.05) is 5.32 Å². The number of nitrogens with zero attached hydrogens (tertiary/aromatic N) is 2. The maximum Gasteiger partial charge on any atom is 0.433 e. The molecule has 0 aliphatic rings. The summed E-state index contributed by atoms with van der Waals surface area (Å²) in [5.41, 5.74) is -7.07. The average Bonchev–Trinajstić information content (AvgIpc) is 3.07. The van der Waals surface area contributed by atoms with E-state index in [9.17, 15) is 40.5 Å². The second kappa shape index (κ2) is 8.28. The van der Waals surface area contributed by atoms with Crippen molar-refractivity contribution in [3.05, 3.63) is 39.5 Å². The number of carbonyl (C=O) groups excluding carboxylic acids is 1. The minimum absolute atomic E-state index is 0.125. The minimum Gasteiger partial charge on any atom is -0.386 e. The van der Waals surface area contributed by atoms with Crippen molar-refractivity contribution in [2.24, 2.45) is 9.50 Å². The van der Waals surface area contributed by atoms with Gasteiger partial charge >= 0.3 is 18.4 Å². The van der Waals surface area contributed by atoms with E-state index in [1.54, 1.807) is 0 Å². The van der Waals surface area contributed by atoms with E-state index >= 15 is 0 Å². The molecule has 7 nitrogen and oxygen atoms in total. The number of hydrogen-bond acceptors (Lipinski definition) is 5. The Balaban J connectivity index is 2.55. The van der Waals surface area contributed by atoms with Crippen molar-refractivity contribution >= 4 is 33.0 Å². The van der Waals surface area contributed by atoms with Gasteiger partial charge in [-0.05, 0) is 44.7 Å². The zero-order chi connectivity index (χ0) is 24.9. The van der Waals surface area contributed by atoms with Crippen LogP contribution < -0.4 is 10.5 Å². The Hall–Kier alpha value is -2.23. The molecule has 2 rings (SSSR count). The number of thiophene rings is 1. The number of hydrogen-bond donors (Lipinski definition) is 3. The molecule has 0 saturated carbocycles. The Morgan fingerprint density at radius 2 is 1.59 bits per heavy atom. The standard InChI is InChI=1S/C17H18F6N4O3S2/c1-7-11(8(2)13(17(21,22)23)26-12(7)16(18,19)20)25-14(28)27-32(24,30)10-5-9(6-31-10)15(3,4)29/h5-6,29H,1-4H3,(H3,24,25,26,27,28,30)/t32-/m1/s1. The fraction of sp³-hybridized carbons (Fsp3) is 0.412. The van der Waals surface area contributed by atoms with Gasteiger partial charge in [-0.2, -0.15) is 26.3 Å². The SMILES string of the molecule is Cc1c(C(F)(F)F)nc(C(F)(F)F)c(C)c1NC(=O)N=[S@@](N)(=O)c1cc(C(C)(C)O)cs1. The Morgan fingerprint density at radius 1 is 1.12 bits per heavy atom. The summed E-state index contributed by atoms with van der Waals surface area (Å²) in [5, 5.41) is 18.8. The highest BCUT2D eigenvalue weighted by molar-refractivity contribution is 7.93. The molecule has 0 unspecified atom stereocenters. The third-order valence-corrected chi connectivity index (χ3v) is 7.10. The molecule has 0 bridgehead atoms. The van der Waals surface area contributed by atoms with Crippen LogP contribution in [0, 0.1) is 13.8 Å². The number of rotatable bonds is 3. The molecule has 4 N–H and O–H groups in total. The van der Waals surface area contributed by atoms with Gasteiger partial charge in [0.1, 0.15) is 15.6 Å². The lowest BCUT2D eigenvalue weighted by molar-refractivity contribution is -0.150. The number of nitrogens with one attached hydrogen (secondary N) is 1. The van der Waals surface area contributed by atoms with E-state index in [0.717, 1.165) is 25.2 Å². The lowest BCUT2D eigenvalue weighted by Crippen LogP contribution is -2.23. The Morgan fingerprint density at radius 3 is 1.97 bits per heavy atom. The van der Waals surface area contributed by atoms with Gasteiger partial charge in [0.25, 0.3) is 0 Å². The summed E-state index contributed by atoms with van der Waals surface area (Å²) in [6.45, 7) is 4.53. The Kier molecular flexibility index (Phi) is 6.73. The second-order valence-electron chi connectivity index (χ2n) is 7.23. The smallest absolute Gasteiger partial charge is 0.386 e. The number of carbonyl (C=O) groups is 1. The normalized spacial score (nSPS) is 14.8. The topological polar surface area (TPSA) is 118 Å². The third-order valence-electron chi connectivity index (χ3n) is 4.24. The number of aliphatic hydroxyl groups is 1. The van der Waals surface area contributed by atoms with Crippen LogP contribution in [0.15, 0.2) is 20.0 Å². The van der Waals surface area contributed by atoms with Crippen LogP contribution in [0.2, 0.25) is 0 Å². The van der Waals surface area contributed by atoms with Crippen LogP contribution in [0.5, 0.6) is 0 Å². The molecule has 0 saturated heterocycles. The van der Waals surface area contributed by atoms with Crippen molar-refractivity contribution in [3.8, 4) is 0 Å². The van der Waals surface area contributed by atoms with Gasteiger partial charge in [0.15, 0.2) is 9.92 Å². The van der Waals surface area contributed by atoms with Crippen molar-refractivity contribution in [3.63, 3.8) is 0 Å². The van der Waals surface area contributed by atoms with Crippen LogP contribution in [0.1, 0.15) is 41.9 Å². The van der Waals surface area contributed by atoms with Crippen LogP contribution in [0.4, 0.5) is 36.8 Å². The van der Waals surface area contributed by atoms with Crippen LogP contribution >= 0.6 is 11.3 Å². The summed E-state index contributed by atoms with van der Waals surface area (Å²) in [6.07, 6.45) is -10.5. The van der Waals surface area contributed by atoms with Crippen LogP contribution in [-0.4, -0.2) is 20.3 Å². The van der Waals surface area contributed by atoms with Gasteiger partial charge in [0.2, 0.25) is 0 Å². The number of aromatic nitrogens is 1. The molecule has 0 aliphatic carbocycles. The van der Waals surface area contributed by atoms with E-state index < -0.39 is 62.1 Å². The number of anilines is 1. The first-order valence-electron chi connectivity index (χ1n) is 8.58. The fourth-order valence-electron chi connectivity index (χ4n) is 2.63. The molecule has 0 spiro atoms. The number of amides is 2. The lowest BCUT2D eigenvalue weighted by Gasteiger charge is -2.20. The van der Waals surface area contributed by atoms with Crippen LogP contribution in [0.25, 0.3) is 0 Å². The average molecular weight is 504 g/mol. The van der Waals surface area contributed by atoms with Gasteiger partial charge in [-0.1, -0.05) is 0 Å². The summed E-state index contributed by atoms with van der Waals surface area (Å²) in [6, 6.07) is -0.287. The first-order chi connectivity index (χ1) is 14.2. The van der Waals surface area contributed by atoms with E-state index in [2.05, 4.69) is 9.35 Å². The minimum atomic E-state index is -5.24. The number of nitrogens with two attached hydrogens (primary N) is 1. The van der Waals surface area contributed by atoms with Crippen molar-refractivity contribution in [1.29, 1.82) is 0 Å². The summed E-state index contributed by atoms with van der Waals surface area (Å²) in [7, 11) is -3.91. The predicted molar refractivity (Wildman–Crippen MR) is 105 cm³/mol. The largest absolute Gasteiger partial charge is 0.433 e. The zero-order valence-corrected chi connectivity index (χ0v) is 18.6. The number of alkyl halides is 6. The van der Waals surface area contributed by atoms with Crippen LogP contribution in [-0.2, 0) is 27.9 Å². The number of halogens is 6. The highest BCUT2D eigenvalue weighted by Crippen LogP contribution is 2.40. The summed E-state index contributed by atoms with van der Waals surface area (Å²) >= 11 is 0.808. The number of urea groups is 1. The molecular formula is C17H18F6N4O3S2. The molecule has 2 aromatic heterocycles. The van der Waals surface area contributed by atoms with E-state index in [-0.39, 0.29) is 4.21 Å². The molecule has 0 fully saturated rings. The van der Waals surface area contributed by atoms with Crippen molar-refractivity contribution in [1.82, 2.24) is 4.98 Å². The van der Waals surface area contributed by atoms with E-state index in [4.69, 9.17) is 5.14 Å². The quantitative estimate of drug-likeness (QED) is 0.512. The van der Waals surface area contributed by atoms with Gasteiger partial charge in [-0.25, -0.2) is 19.1 Å². The highest BCUT2D eigenvalue weighted by Gasteiger charge is 2.42. The summed E-state index contributed by atoms with van der Waals surface area (Å²) in [4.78, 5) is 15.0. The van der Waals surface area contributed by atoms with E-state index in [1.165, 1.54) is 25.3 Å². The zero-order valence-electron chi connectivity index (χ0n) is 17.0. The molecule has 0 aromatic carbocycles. The molecule has 15 heteroatoms. The molecule has 2 heterocycles. The van der Waals surface area contributed by atoms with Crippen molar-refractivity contribution in [2.45, 2.75) is 49.9 Å². The first-order valence-corrected chi connectivity index (χ1v) is 11.0. The molecule has 0 radical (unpaired) electrons. The van der Waals surface area contributed by atoms with Gasteiger partial charge in [0, 0.05) is 11.1 Å². The second-order valence-corrected chi connectivity index (χ2v) is 10.2. The molecule has 0 aliphatic heterocycles. The predicted octanol–water partition coefficient (Wildman–Crippen LogP) is 4.96. The Labute approximate surface area is 183 Å². The van der Waals surface area contributed by atoms with Gasteiger partial charge < -0.3 is 10.4 Å². The highest BCUT2D eigenvalue weighted by atomic mass is 32.2. The number of pyridine rings is 1. The first kappa shape index (κ1) is 26.0. The van der Waals surface area contributed by atoms with Gasteiger partial charge in [-0.3, -0.25) is 0 Å². The van der Waals surface area contributed by atoms with E-state index in [0.29, 0.717) is 5.56 Å². The molecule has 2 aromatic rings. The maximum atomic E-state index is 13.2. The molecular weight excluding hydrogens is 486 g/mol. The van der Waals surface area contributed by atoms with Crippen molar-refractivity contribution < 1.29 is 40.5 Å².